The van der Waals surface area contributed by atoms with Gasteiger partial charge in [0.05, 0.1) is 18.3 Å². The van der Waals surface area contributed by atoms with Crippen molar-refractivity contribution >= 4 is 33.8 Å². The fourth-order valence-corrected chi connectivity index (χ4v) is 7.25. The van der Waals surface area contributed by atoms with Gasteiger partial charge in [0.25, 0.3) is 0 Å². The molecular formula is C27H27ClN2S. The second kappa shape index (κ2) is 7.50. The Morgan fingerprint density at radius 1 is 1.06 bits per heavy atom. The summed E-state index contributed by atoms with van der Waals surface area (Å²) in [5.41, 5.74) is 4.60. The van der Waals surface area contributed by atoms with E-state index in [0.29, 0.717) is 11.3 Å². The predicted molar refractivity (Wildman–Crippen MR) is 131 cm³/mol. The van der Waals surface area contributed by atoms with Crippen LogP contribution in [0.1, 0.15) is 55.4 Å². The lowest BCUT2D eigenvalue weighted by molar-refractivity contribution is -0.0424. The zero-order valence-electron chi connectivity index (χ0n) is 17.9. The molecule has 2 aliphatic rings. The number of fused-ring (bicyclic) bond motifs is 1. The third kappa shape index (κ3) is 3.43. The summed E-state index contributed by atoms with van der Waals surface area (Å²) in [7, 11) is 0. The number of nitrogens with zero attached hydrogens (tertiary/aromatic N) is 2. The lowest BCUT2D eigenvalue weighted by Gasteiger charge is -2.58. The maximum atomic E-state index is 6.52. The maximum absolute atomic E-state index is 6.52. The normalized spacial score (nSPS) is 25.0. The third-order valence-corrected chi connectivity index (χ3v) is 8.91. The van der Waals surface area contributed by atoms with E-state index < -0.39 is 0 Å². The number of hydrogen-bond acceptors (Lipinski definition) is 2. The van der Waals surface area contributed by atoms with E-state index in [9.17, 15) is 0 Å². The zero-order valence-corrected chi connectivity index (χ0v) is 19.4. The Bertz CT molecular complexity index is 1220. The second-order valence-electron chi connectivity index (χ2n) is 9.65. The molecule has 2 aliphatic carbocycles. The van der Waals surface area contributed by atoms with Gasteiger partial charge < -0.3 is 0 Å². The number of thiophene rings is 1. The van der Waals surface area contributed by atoms with Crippen molar-refractivity contribution in [3.05, 3.63) is 76.3 Å². The molecule has 0 unspecified atom stereocenters. The van der Waals surface area contributed by atoms with Crippen molar-refractivity contribution in [1.29, 1.82) is 0 Å². The van der Waals surface area contributed by atoms with Crippen molar-refractivity contribution in [3.8, 4) is 10.4 Å². The summed E-state index contributed by atoms with van der Waals surface area (Å²) in [4.78, 5) is 2.64. The van der Waals surface area contributed by atoms with E-state index in [0.717, 1.165) is 17.5 Å². The fourth-order valence-electron chi connectivity index (χ4n) is 6.02. The molecule has 2 saturated carbocycles. The maximum Gasteiger partial charge on any atom is 0.0759 e. The molecule has 0 N–H and O–H groups in total. The first-order valence-electron chi connectivity index (χ1n) is 11.4. The van der Waals surface area contributed by atoms with Crippen molar-refractivity contribution in [1.82, 2.24) is 9.78 Å². The SMILES string of the molecule is CCC1CC2(C1)CC(c1cc(Cl)cc3cnn(Cc4ccc(-c5ccccc5)s4)c13)C2. The van der Waals surface area contributed by atoms with Gasteiger partial charge in [0.2, 0.25) is 0 Å². The van der Waals surface area contributed by atoms with E-state index in [1.807, 2.05) is 17.5 Å². The largest absolute Gasteiger partial charge is 0.259 e. The summed E-state index contributed by atoms with van der Waals surface area (Å²) < 4.78 is 2.20. The van der Waals surface area contributed by atoms with E-state index in [-0.39, 0.29) is 0 Å². The third-order valence-electron chi connectivity index (χ3n) is 7.57. The molecule has 1 spiro atoms. The summed E-state index contributed by atoms with van der Waals surface area (Å²) in [6.45, 7) is 3.14. The highest BCUT2D eigenvalue weighted by atomic mass is 35.5. The van der Waals surface area contributed by atoms with Gasteiger partial charge in [0.15, 0.2) is 0 Å². The summed E-state index contributed by atoms with van der Waals surface area (Å²) in [6.07, 6.45) is 8.83. The molecule has 6 rings (SSSR count). The molecule has 0 amide bonds. The van der Waals surface area contributed by atoms with Crippen molar-refractivity contribution in [3.63, 3.8) is 0 Å². The van der Waals surface area contributed by atoms with Gasteiger partial charge in [0, 0.05) is 20.2 Å². The van der Waals surface area contributed by atoms with Gasteiger partial charge in [-0.1, -0.05) is 55.3 Å². The van der Waals surface area contributed by atoms with Crippen LogP contribution in [0.5, 0.6) is 0 Å². The molecule has 0 bridgehead atoms. The topological polar surface area (TPSA) is 17.8 Å². The average Bonchev–Trinajstić information content (AvgIpc) is 3.34. The Kier molecular flexibility index (Phi) is 4.73. The van der Waals surface area contributed by atoms with Crippen LogP contribution in [0.15, 0.2) is 60.8 Å². The molecule has 2 aromatic heterocycles. The first kappa shape index (κ1) is 19.6. The van der Waals surface area contributed by atoms with Gasteiger partial charge >= 0.3 is 0 Å². The molecule has 158 valence electrons. The van der Waals surface area contributed by atoms with E-state index in [1.54, 1.807) is 0 Å². The summed E-state index contributed by atoms with van der Waals surface area (Å²) >= 11 is 8.38. The van der Waals surface area contributed by atoms with Gasteiger partial charge in [-0.05, 0) is 78.3 Å². The smallest absolute Gasteiger partial charge is 0.0759 e. The van der Waals surface area contributed by atoms with E-state index in [2.05, 4.69) is 66.2 Å². The number of halogens is 1. The number of aromatic nitrogens is 2. The quantitative estimate of drug-likeness (QED) is 0.302. The molecule has 0 radical (unpaired) electrons. The Hall–Kier alpha value is -2.10. The average molecular weight is 447 g/mol. The van der Waals surface area contributed by atoms with Crippen LogP contribution < -0.4 is 0 Å². The zero-order chi connectivity index (χ0) is 21.0. The minimum Gasteiger partial charge on any atom is -0.259 e. The van der Waals surface area contributed by atoms with Gasteiger partial charge in [0.1, 0.15) is 0 Å². The van der Waals surface area contributed by atoms with Gasteiger partial charge in [-0.25, -0.2) is 0 Å². The Morgan fingerprint density at radius 3 is 2.65 bits per heavy atom. The van der Waals surface area contributed by atoms with Crippen LogP contribution >= 0.6 is 22.9 Å². The number of rotatable bonds is 5. The van der Waals surface area contributed by atoms with Crippen molar-refractivity contribution in [2.75, 3.05) is 0 Å². The van der Waals surface area contributed by atoms with Crippen LogP contribution in [0.4, 0.5) is 0 Å². The summed E-state index contributed by atoms with van der Waals surface area (Å²) in [5.74, 6) is 1.58. The summed E-state index contributed by atoms with van der Waals surface area (Å²) in [5, 5.41) is 6.78. The monoisotopic (exact) mass is 446 g/mol. The molecule has 2 nitrogen and oxygen atoms in total. The number of benzene rings is 2. The second-order valence-corrected chi connectivity index (χ2v) is 11.3. The van der Waals surface area contributed by atoms with Crippen LogP contribution in [0, 0.1) is 11.3 Å². The van der Waals surface area contributed by atoms with E-state index in [4.69, 9.17) is 16.7 Å². The van der Waals surface area contributed by atoms with Gasteiger partial charge in [-0.15, -0.1) is 11.3 Å². The first-order chi connectivity index (χ1) is 15.1. The Morgan fingerprint density at radius 2 is 1.87 bits per heavy atom. The fraction of sp³-hybridized carbons (Fsp3) is 0.370. The highest BCUT2D eigenvalue weighted by Crippen LogP contribution is 2.65. The molecule has 0 atom stereocenters. The molecule has 4 heteroatoms. The summed E-state index contributed by atoms with van der Waals surface area (Å²) in [6, 6.07) is 19.4. The molecule has 0 aliphatic heterocycles. The van der Waals surface area contributed by atoms with E-state index >= 15 is 0 Å². The lowest BCUT2D eigenvalue weighted by Crippen LogP contribution is -2.46. The van der Waals surface area contributed by atoms with Crippen LogP contribution in [-0.4, -0.2) is 9.78 Å². The molecule has 2 fully saturated rings. The van der Waals surface area contributed by atoms with Crippen LogP contribution in [0.3, 0.4) is 0 Å². The van der Waals surface area contributed by atoms with Crippen LogP contribution in [0.25, 0.3) is 21.3 Å². The molecule has 2 heterocycles. The van der Waals surface area contributed by atoms with Gasteiger partial charge in [-0.3, -0.25) is 4.68 Å². The van der Waals surface area contributed by atoms with Crippen LogP contribution in [-0.2, 0) is 6.54 Å². The van der Waals surface area contributed by atoms with Crippen molar-refractivity contribution in [2.45, 2.75) is 51.5 Å². The van der Waals surface area contributed by atoms with E-state index in [1.165, 1.54) is 63.9 Å². The van der Waals surface area contributed by atoms with Crippen molar-refractivity contribution in [2.24, 2.45) is 11.3 Å². The molecule has 2 aromatic carbocycles. The number of hydrogen-bond donors (Lipinski definition) is 0. The molecule has 0 saturated heterocycles. The molecule has 31 heavy (non-hydrogen) atoms. The van der Waals surface area contributed by atoms with Crippen molar-refractivity contribution < 1.29 is 0 Å². The molecule has 4 aromatic rings. The lowest BCUT2D eigenvalue weighted by atomic mass is 9.47. The van der Waals surface area contributed by atoms with Gasteiger partial charge in [-0.2, -0.15) is 5.10 Å². The Labute approximate surface area is 192 Å². The predicted octanol–water partition coefficient (Wildman–Crippen LogP) is 8.15. The molecular weight excluding hydrogens is 420 g/mol. The first-order valence-corrected chi connectivity index (χ1v) is 12.6. The highest BCUT2D eigenvalue weighted by Gasteiger charge is 2.52. The standard InChI is InChI=1S/C27H27ClN2S/c1-2-18-12-27(13-18)14-21(15-27)24-11-22(28)10-20-16-29-30(26(20)24)17-23-8-9-25(31-23)19-6-4-3-5-7-19/h3-11,16,18,21H,2,12-15,17H2,1H3. The minimum absolute atomic E-state index is 0.623. The Balaban J connectivity index is 1.29. The highest BCUT2D eigenvalue weighted by molar-refractivity contribution is 7.15. The van der Waals surface area contributed by atoms with Crippen LogP contribution in [0.2, 0.25) is 5.02 Å². The minimum atomic E-state index is 0.623.